The Morgan fingerprint density at radius 2 is 2.05 bits per heavy atom. The SMILES string of the molecule is NC(=O)N1CCCN(c2ncc(C(F)(F)F)s2)CC1. The van der Waals surface area contributed by atoms with E-state index in [0.29, 0.717) is 49.1 Å². The molecule has 0 unspecified atom stereocenters. The highest BCUT2D eigenvalue weighted by atomic mass is 32.1. The van der Waals surface area contributed by atoms with Gasteiger partial charge >= 0.3 is 12.2 Å². The summed E-state index contributed by atoms with van der Waals surface area (Å²) in [5, 5.41) is 0.332. The first-order valence-corrected chi connectivity index (χ1v) is 6.52. The van der Waals surface area contributed by atoms with Crippen molar-refractivity contribution in [2.75, 3.05) is 31.1 Å². The molecule has 0 atom stereocenters. The zero-order chi connectivity index (χ0) is 14.0. The summed E-state index contributed by atoms with van der Waals surface area (Å²) in [4.78, 5) is 17.4. The lowest BCUT2D eigenvalue weighted by molar-refractivity contribution is -0.134. The van der Waals surface area contributed by atoms with E-state index < -0.39 is 17.1 Å². The van der Waals surface area contributed by atoms with Crippen LogP contribution >= 0.6 is 11.3 Å². The van der Waals surface area contributed by atoms with Gasteiger partial charge in [-0.3, -0.25) is 0 Å². The van der Waals surface area contributed by atoms with Crippen molar-refractivity contribution in [2.24, 2.45) is 5.73 Å². The molecule has 1 saturated heterocycles. The van der Waals surface area contributed by atoms with Crippen molar-refractivity contribution in [1.82, 2.24) is 9.88 Å². The van der Waals surface area contributed by atoms with Crippen LogP contribution in [0.3, 0.4) is 0 Å². The second-order valence-corrected chi connectivity index (χ2v) is 5.18. The summed E-state index contributed by atoms with van der Waals surface area (Å²) in [5.41, 5.74) is 5.19. The van der Waals surface area contributed by atoms with E-state index in [1.54, 1.807) is 4.90 Å². The van der Waals surface area contributed by atoms with Gasteiger partial charge in [-0.15, -0.1) is 0 Å². The van der Waals surface area contributed by atoms with Gasteiger partial charge in [0.05, 0.1) is 6.20 Å². The molecule has 9 heteroatoms. The number of alkyl halides is 3. The average molecular weight is 294 g/mol. The van der Waals surface area contributed by atoms with Crippen molar-refractivity contribution in [1.29, 1.82) is 0 Å². The lowest BCUT2D eigenvalue weighted by atomic mass is 10.4. The summed E-state index contributed by atoms with van der Waals surface area (Å²) >= 11 is 0.620. The number of nitrogens with zero attached hydrogens (tertiary/aromatic N) is 3. The standard InChI is InChI=1S/C10H13F3N4OS/c11-10(12,13)7-6-15-9(19-7)17-3-1-2-16(4-5-17)8(14)18/h6H,1-5H2,(H2,14,18). The first-order valence-electron chi connectivity index (χ1n) is 5.70. The van der Waals surface area contributed by atoms with Gasteiger partial charge in [-0.1, -0.05) is 11.3 Å². The van der Waals surface area contributed by atoms with Crippen LogP contribution in [0.1, 0.15) is 11.3 Å². The predicted molar refractivity (Wildman–Crippen MR) is 65.1 cm³/mol. The van der Waals surface area contributed by atoms with Crippen molar-refractivity contribution in [2.45, 2.75) is 12.6 Å². The second-order valence-electron chi connectivity index (χ2n) is 4.17. The highest BCUT2D eigenvalue weighted by Crippen LogP contribution is 2.36. The Balaban J connectivity index is 2.06. The van der Waals surface area contributed by atoms with Crippen molar-refractivity contribution in [3.63, 3.8) is 0 Å². The summed E-state index contributed by atoms with van der Waals surface area (Å²) in [6.45, 7) is 1.92. The zero-order valence-corrected chi connectivity index (χ0v) is 10.8. The number of urea groups is 1. The number of primary amides is 1. The predicted octanol–water partition coefficient (Wildman–Crippen LogP) is 1.75. The minimum absolute atomic E-state index is 0.332. The number of hydrogen-bond donors (Lipinski definition) is 1. The molecule has 2 amide bonds. The molecular weight excluding hydrogens is 281 g/mol. The van der Waals surface area contributed by atoms with Gasteiger partial charge in [0.25, 0.3) is 0 Å². The Kier molecular flexibility index (Phi) is 3.83. The molecule has 0 spiro atoms. The molecule has 1 aliphatic heterocycles. The van der Waals surface area contributed by atoms with Crippen molar-refractivity contribution in [3.05, 3.63) is 11.1 Å². The monoisotopic (exact) mass is 294 g/mol. The fourth-order valence-electron chi connectivity index (χ4n) is 1.87. The summed E-state index contributed by atoms with van der Waals surface area (Å²) < 4.78 is 37.5. The molecule has 1 aromatic heterocycles. The van der Waals surface area contributed by atoms with Crippen LogP contribution < -0.4 is 10.6 Å². The lowest BCUT2D eigenvalue weighted by Crippen LogP contribution is -2.38. The molecule has 5 nitrogen and oxygen atoms in total. The number of amides is 2. The Hall–Kier alpha value is -1.51. The molecule has 2 rings (SSSR count). The number of aromatic nitrogens is 1. The van der Waals surface area contributed by atoms with Gasteiger partial charge in [-0.2, -0.15) is 13.2 Å². The number of hydrogen-bond acceptors (Lipinski definition) is 4. The van der Waals surface area contributed by atoms with E-state index in [1.807, 2.05) is 0 Å². The average Bonchev–Trinajstić information content (AvgIpc) is 2.67. The van der Waals surface area contributed by atoms with Crippen LogP contribution in [-0.4, -0.2) is 42.1 Å². The van der Waals surface area contributed by atoms with Gasteiger partial charge in [0.2, 0.25) is 0 Å². The van der Waals surface area contributed by atoms with Crippen LogP contribution in [0.2, 0.25) is 0 Å². The number of rotatable bonds is 1. The molecule has 106 valence electrons. The van der Waals surface area contributed by atoms with Crippen LogP contribution in [0.25, 0.3) is 0 Å². The van der Waals surface area contributed by atoms with Crippen LogP contribution in [0.5, 0.6) is 0 Å². The first-order chi connectivity index (χ1) is 8.88. The smallest absolute Gasteiger partial charge is 0.351 e. The molecule has 0 aromatic carbocycles. The summed E-state index contributed by atoms with van der Waals surface area (Å²) in [6, 6.07) is -0.503. The van der Waals surface area contributed by atoms with Gasteiger partial charge in [0.15, 0.2) is 5.13 Å². The molecule has 19 heavy (non-hydrogen) atoms. The number of carbonyl (C=O) groups is 1. The van der Waals surface area contributed by atoms with Gasteiger partial charge in [0.1, 0.15) is 4.88 Å². The lowest BCUT2D eigenvalue weighted by Gasteiger charge is -2.20. The van der Waals surface area contributed by atoms with E-state index in [-0.39, 0.29) is 0 Å². The molecule has 0 aliphatic carbocycles. The third-order valence-electron chi connectivity index (χ3n) is 2.85. The zero-order valence-electron chi connectivity index (χ0n) is 9.98. The Morgan fingerprint density at radius 1 is 1.32 bits per heavy atom. The van der Waals surface area contributed by atoms with Crippen molar-refractivity contribution >= 4 is 22.5 Å². The topological polar surface area (TPSA) is 62.5 Å². The summed E-state index contributed by atoms with van der Waals surface area (Å²) in [7, 11) is 0. The van der Waals surface area contributed by atoms with E-state index in [4.69, 9.17) is 5.73 Å². The maximum Gasteiger partial charge on any atom is 0.427 e. The first kappa shape index (κ1) is 13.9. The minimum Gasteiger partial charge on any atom is -0.351 e. The highest BCUT2D eigenvalue weighted by Gasteiger charge is 2.34. The fraction of sp³-hybridized carbons (Fsp3) is 0.600. The Labute approximate surface area is 111 Å². The van der Waals surface area contributed by atoms with Crippen molar-refractivity contribution < 1.29 is 18.0 Å². The van der Waals surface area contributed by atoms with Crippen LogP contribution in [0.4, 0.5) is 23.1 Å². The molecule has 2 heterocycles. The number of halogens is 3. The number of thiazole rings is 1. The third kappa shape index (κ3) is 3.28. The largest absolute Gasteiger partial charge is 0.427 e. The summed E-state index contributed by atoms with van der Waals surface area (Å²) in [5.74, 6) is 0. The molecular formula is C10H13F3N4OS. The second kappa shape index (κ2) is 5.24. The molecule has 1 fully saturated rings. The molecule has 0 saturated carbocycles. The van der Waals surface area contributed by atoms with E-state index in [0.717, 1.165) is 6.20 Å². The molecule has 2 N–H and O–H groups in total. The quantitative estimate of drug-likeness (QED) is 0.858. The van der Waals surface area contributed by atoms with E-state index in [1.165, 1.54) is 4.90 Å². The van der Waals surface area contributed by atoms with Gasteiger partial charge in [0, 0.05) is 26.2 Å². The normalized spacial score (nSPS) is 17.4. The maximum absolute atomic E-state index is 12.5. The van der Waals surface area contributed by atoms with E-state index in [2.05, 4.69) is 4.98 Å². The van der Waals surface area contributed by atoms with E-state index in [9.17, 15) is 18.0 Å². The third-order valence-corrected chi connectivity index (χ3v) is 3.95. The Morgan fingerprint density at radius 3 is 2.63 bits per heavy atom. The molecule has 0 bridgehead atoms. The molecule has 1 aliphatic rings. The minimum atomic E-state index is -4.36. The van der Waals surface area contributed by atoms with E-state index >= 15 is 0 Å². The fourth-order valence-corrected chi connectivity index (χ4v) is 2.71. The maximum atomic E-state index is 12.5. The summed E-state index contributed by atoms with van der Waals surface area (Å²) in [6.07, 6.45) is -2.86. The number of nitrogens with two attached hydrogens (primary N) is 1. The molecule has 1 aromatic rings. The number of anilines is 1. The molecule has 0 radical (unpaired) electrons. The van der Waals surface area contributed by atoms with Crippen LogP contribution in [0.15, 0.2) is 6.20 Å². The number of carbonyl (C=O) groups excluding carboxylic acids is 1. The van der Waals surface area contributed by atoms with Gasteiger partial charge < -0.3 is 15.5 Å². The van der Waals surface area contributed by atoms with Gasteiger partial charge in [-0.25, -0.2) is 9.78 Å². The van der Waals surface area contributed by atoms with Gasteiger partial charge in [-0.05, 0) is 6.42 Å². The van der Waals surface area contributed by atoms with Crippen LogP contribution in [0, 0.1) is 0 Å². The highest BCUT2D eigenvalue weighted by molar-refractivity contribution is 7.15. The van der Waals surface area contributed by atoms with Crippen molar-refractivity contribution in [3.8, 4) is 0 Å². The van der Waals surface area contributed by atoms with Crippen LogP contribution in [-0.2, 0) is 6.18 Å². The Bertz CT molecular complexity index is 462.